The van der Waals surface area contributed by atoms with Gasteiger partial charge in [-0.1, -0.05) is 91.0 Å². The van der Waals surface area contributed by atoms with Gasteiger partial charge in [-0.15, -0.1) is 22.1 Å². The van der Waals surface area contributed by atoms with Gasteiger partial charge in [0.2, 0.25) is 0 Å². The summed E-state index contributed by atoms with van der Waals surface area (Å²) in [5.74, 6) is 0. The van der Waals surface area contributed by atoms with Crippen LogP contribution in [0.4, 0.5) is 0 Å². The number of fused-ring (bicyclic) bond motifs is 8. The number of hydrogen-bond acceptors (Lipinski definition) is 2. The molecule has 5 heterocycles. The summed E-state index contributed by atoms with van der Waals surface area (Å²) in [5.41, 5.74) is 11.0. The average Bonchev–Trinajstić information content (AvgIpc) is 3.74. The van der Waals surface area contributed by atoms with Crippen molar-refractivity contribution in [1.29, 1.82) is 0 Å². The zero-order valence-electron chi connectivity index (χ0n) is 20.0. The third-order valence-electron chi connectivity index (χ3n) is 6.50. The van der Waals surface area contributed by atoms with Crippen LogP contribution in [-0.2, 0) is 16.5 Å². The maximum Gasteiger partial charge on any atom is 2.00 e. The molecule has 2 aliphatic heterocycles. The van der Waals surface area contributed by atoms with E-state index in [4.69, 9.17) is 19.9 Å². The van der Waals surface area contributed by atoms with E-state index in [0.717, 1.165) is 71.6 Å². The van der Waals surface area contributed by atoms with Crippen molar-refractivity contribution in [3.63, 3.8) is 0 Å². The largest absolute Gasteiger partial charge is 2.00 e. The van der Waals surface area contributed by atoms with Crippen molar-refractivity contribution in [3.8, 4) is 22.3 Å². The van der Waals surface area contributed by atoms with E-state index in [0.29, 0.717) is 0 Å². The first-order valence-corrected chi connectivity index (χ1v) is 12.8. The van der Waals surface area contributed by atoms with Gasteiger partial charge in [0, 0.05) is 4.47 Å². The Morgan fingerprint density at radius 3 is 1.79 bits per heavy atom. The van der Waals surface area contributed by atoms with Crippen molar-refractivity contribution < 1.29 is 16.5 Å². The van der Waals surface area contributed by atoms with Crippen LogP contribution in [0.1, 0.15) is 22.8 Å². The number of benzene rings is 2. The van der Waals surface area contributed by atoms with Crippen LogP contribution in [0.5, 0.6) is 0 Å². The minimum Gasteiger partial charge on any atom is -0.657 e. The van der Waals surface area contributed by atoms with Crippen LogP contribution >= 0.6 is 15.9 Å². The molecule has 6 heteroatoms. The molecule has 4 nitrogen and oxygen atoms in total. The van der Waals surface area contributed by atoms with Gasteiger partial charge in [0.25, 0.3) is 0 Å². The maximum atomic E-state index is 5.00. The Labute approximate surface area is 238 Å². The van der Waals surface area contributed by atoms with Gasteiger partial charge in [-0.05, 0) is 62.5 Å². The molecule has 2 aliphatic rings. The van der Waals surface area contributed by atoms with Crippen LogP contribution in [-0.4, -0.2) is 9.97 Å². The van der Waals surface area contributed by atoms with Gasteiger partial charge in [0.1, 0.15) is 0 Å². The van der Waals surface area contributed by atoms with E-state index in [1.54, 1.807) is 0 Å². The first kappa shape index (κ1) is 24.4. The smallest absolute Gasteiger partial charge is 0.657 e. The van der Waals surface area contributed by atoms with Gasteiger partial charge in [-0.3, -0.25) is 0 Å². The van der Waals surface area contributed by atoms with E-state index in [-0.39, 0.29) is 16.5 Å². The summed E-state index contributed by atoms with van der Waals surface area (Å²) in [6.45, 7) is 0. The molecule has 0 fully saturated rings. The van der Waals surface area contributed by atoms with Crippen molar-refractivity contribution in [3.05, 3.63) is 118 Å². The number of rotatable bonds is 2. The minimum absolute atomic E-state index is 0. The average molecular weight is 598 g/mol. The number of nitrogens with zero attached hydrogens (tertiary/aromatic N) is 4. The molecule has 0 atom stereocenters. The summed E-state index contributed by atoms with van der Waals surface area (Å²) in [6.07, 6.45) is 8.15. The molecule has 0 aliphatic carbocycles. The predicted molar refractivity (Wildman–Crippen MR) is 155 cm³/mol. The van der Waals surface area contributed by atoms with Crippen LogP contribution < -0.4 is 9.97 Å². The third-order valence-corrected chi connectivity index (χ3v) is 7.31. The predicted octanol–water partition coefficient (Wildman–Crippen LogP) is 8.01. The zero-order chi connectivity index (χ0) is 24.8. The fourth-order valence-corrected chi connectivity index (χ4v) is 5.23. The quantitative estimate of drug-likeness (QED) is 0.189. The fraction of sp³-hybridized carbons (Fsp3) is 0. The Hall–Kier alpha value is -3.99. The molecule has 0 saturated carbocycles. The standard InChI is InChI=1S/C32H19BrN4.Ni/c33-32-28-17-15-26(36-28)30(20-7-3-1-4-8-20)24-13-11-22(34-24)19-23-12-14-25(35-23)31(21-9-5-2-6-10-21)27-16-18-29(32)37-27;/h1-19H;/q-2;+2. The Bertz CT molecular complexity index is 1850. The summed E-state index contributed by atoms with van der Waals surface area (Å²) in [5, 5.41) is 0. The topological polar surface area (TPSA) is 54.0 Å². The van der Waals surface area contributed by atoms with E-state index in [2.05, 4.69) is 52.3 Å². The molecule has 0 N–H and O–H groups in total. The molecule has 0 spiro atoms. The second-order valence-corrected chi connectivity index (χ2v) is 9.68. The van der Waals surface area contributed by atoms with Gasteiger partial charge in [-0.2, -0.15) is 0 Å². The monoisotopic (exact) mass is 596 g/mol. The third kappa shape index (κ3) is 4.36. The summed E-state index contributed by atoms with van der Waals surface area (Å²) in [4.78, 5) is 19.9. The molecule has 0 unspecified atom stereocenters. The van der Waals surface area contributed by atoms with Crippen molar-refractivity contribution in [2.24, 2.45) is 0 Å². The Kier molecular flexibility index (Phi) is 6.44. The van der Waals surface area contributed by atoms with Gasteiger partial charge < -0.3 is 9.97 Å². The van der Waals surface area contributed by atoms with E-state index in [9.17, 15) is 0 Å². The summed E-state index contributed by atoms with van der Waals surface area (Å²) in [7, 11) is 0. The number of halogens is 1. The normalized spacial score (nSPS) is 11.9. The Morgan fingerprint density at radius 1 is 0.526 bits per heavy atom. The summed E-state index contributed by atoms with van der Waals surface area (Å²) >= 11 is 3.79. The van der Waals surface area contributed by atoms with Crippen molar-refractivity contribution in [1.82, 2.24) is 19.9 Å². The second kappa shape index (κ2) is 10.1. The van der Waals surface area contributed by atoms with Crippen LogP contribution in [0.2, 0.25) is 0 Å². The Morgan fingerprint density at radius 2 is 1.08 bits per heavy atom. The number of hydrogen-bond donors (Lipinski definition) is 0. The van der Waals surface area contributed by atoms with Crippen LogP contribution in [0, 0.1) is 0 Å². The first-order valence-electron chi connectivity index (χ1n) is 12.0. The molecule has 0 saturated heterocycles. The van der Waals surface area contributed by atoms with Gasteiger partial charge >= 0.3 is 16.5 Å². The molecular formula is C32H19BrN4Ni. The molecule has 0 radical (unpaired) electrons. The van der Waals surface area contributed by atoms with Gasteiger partial charge in [0.15, 0.2) is 0 Å². The Balaban J connectivity index is 0.00000264. The fourth-order valence-electron chi connectivity index (χ4n) is 4.79. The van der Waals surface area contributed by atoms with Crippen molar-refractivity contribution in [2.45, 2.75) is 0 Å². The molecular weight excluding hydrogens is 579 g/mol. The van der Waals surface area contributed by atoms with Crippen LogP contribution in [0.25, 0.3) is 68.6 Å². The molecule has 0 amide bonds. The number of aromatic nitrogens is 4. The molecule has 3 aromatic heterocycles. The molecule has 7 rings (SSSR count). The van der Waals surface area contributed by atoms with E-state index < -0.39 is 0 Å². The van der Waals surface area contributed by atoms with E-state index in [1.165, 1.54) is 0 Å². The van der Waals surface area contributed by atoms with Gasteiger partial charge in [-0.25, -0.2) is 9.97 Å². The van der Waals surface area contributed by atoms with E-state index in [1.807, 2.05) is 78.9 Å². The first-order chi connectivity index (χ1) is 18.2. The molecule has 5 aromatic rings. The SMILES string of the molecule is Brc1c2nc(c(-c3ccccc3)c3ccc(cc4nc(c(-c5ccccc5)c5ccc1[n-]5)C=C4)[n-]3)C=C2.[Ni+2]. The van der Waals surface area contributed by atoms with Crippen LogP contribution in [0.15, 0.2) is 95.5 Å². The van der Waals surface area contributed by atoms with Crippen molar-refractivity contribution in [2.75, 3.05) is 0 Å². The van der Waals surface area contributed by atoms with Gasteiger partial charge in [0.05, 0.1) is 22.8 Å². The minimum atomic E-state index is 0. The van der Waals surface area contributed by atoms with Crippen LogP contribution in [0.3, 0.4) is 0 Å². The maximum absolute atomic E-state index is 5.00. The zero-order valence-corrected chi connectivity index (χ0v) is 22.5. The molecule has 38 heavy (non-hydrogen) atoms. The summed E-state index contributed by atoms with van der Waals surface area (Å²) in [6, 6.07) is 30.7. The summed E-state index contributed by atoms with van der Waals surface area (Å²) < 4.78 is 0.845. The molecule has 184 valence electrons. The molecule has 8 bridgehead atoms. The van der Waals surface area contributed by atoms with Crippen molar-refractivity contribution >= 4 is 62.3 Å². The second-order valence-electron chi connectivity index (χ2n) is 8.88. The molecule has 2 aromatic carbocycles. The van der Waals surface area contributed by atoms with E-state index >= 15 is 0 Å².